The van der Waals surface area contributed by atoms with Crippen LogP contribution in [0.3, 0.4) is 0 Å². The molecule has 1 aromatic heterocycles. The summed E-state index contributed by atoms with van der Waals surface area (Å²) in [6.45, 7) is 6.94. The highest BCUT2D eigenvalue weighted by Crippen LogP contribution is 2.23. The first kappa shape index (κ1) is 18.6. The first-order valence-electron chi connectivity index (χ1n) is 9.82. The minimum absolute atomic E-state index is 0.00684. The summed E-state index contributed by atoms with van der Waals surface area (Å²) in [5, 5.41) is 0. The van der Waals surface area contributed by atoms with Crippen LogP contribution in [0.1, 0.15) is 23.1 Å². The van der Waals surface area contributed by atoms with Crippen LogP contribution in [-0.4, -0.2) is 58.8 Å². The van der Waals surface area contributed by atoms with E-state index >= 15 is 0 Å². The molecule has 0 bridgehead atoms. The Morgan fingerprint density at radius 3 is 2.39 bits per heavy atom. The highest BCUT2D eigenvalue weighted by Gasteiger charge is 2.39. The van der Waals surface area contributed by atoms with E-state index < -0.39 is 0 Å². The van der Waals surface area contributed by atoms with Crippen molar-refractivity contribution in [3.63, 3.8) is 0 Å². The van der Waals surface area contributed by atoms with Gasteiger partial charge in [0.25, 0.3) is 0 Å². The lowest BCUT2D eigenvalue weighted by Gasteiger charge is -2.36. The fourth-order valence-electron chi connectivity index (χ4n) is 3.95. The van der Waals surface area contributed by atoms with Gasteiger partial charge in [-0.1, -0.05) is 35.9 Å². The van der Waals surface area contributed by atoms with E-state index in [4.69, 9.17) is 0 Å². The number of anilines is 1. The Bertz CT molecular complexity index is 863. The monoisotopic (exact) mass is 378 g/mol. The molecule has 0 radical (unpaired) electrons. The van der Waals surface area contributed by atoms with Crippen molar-refractivity contribution in [1.29, 1.82) is 0 Å². The normalized spacial score (nSPS) is 20.9. The summed E-state index contributed by atoms with van der Waals surface area (Å²) >= 11 is 0. The summed E-state index contributed by atoms with van der Waals surface area (Å²) in [4.78, 5) is 35.6. The second kappa shape index (κ2) is 7.72. The van der Waals surface area contributed by atoms with Crippen LogP contribution in [0.5, 0.6) is 0 Å². The third-order valence-electron chi connectivity index (χ3n) is 5.63. The van der Waals surface area contributed by atoms with E-state index in [2.05, 4.69) is 36.2 Å². The van der Waals surface area contributed by atoms with Crippen molar-refractivity contribution < 1.29 is 9.59 Å². The highest BCUT2D eigenvalue weighted by molar-refractivity contribution is 5.95. The molecule has 0 aliphatic carbocycles. The minimum atomic E-state index is -0.192. The topological polar surface area (TPSA) is 56.8 Å². The van der Waals surface area contributed by atoms with Gasteiger partial charge in [-0.15, -0.1) is 0 Å². The quantitative estimate of drug-likeness (QED) is 0.818. The van der Waals surface area contributed by atoms with Crippen molar-refractivity contribution in [3.05, 3.63) is 59.3 Å². The number of pyridine rings is 1. The molecular weight excluding hydrogens is 352 g/mol. The number of hydrogen-bond donors (Lipinski definition) is 0. The van der Waals surface area contributed by atoms with E-state index in [-0.39, 0.29) is 24.4 Å². The second-order valence-electron chi connectivity index (χ2n) is 7.76. The zero-order valence-electron chi connectivity index (χ0n) is 16.5. The Morgan fingerprint density at radius 2 is 1.71 bits per heavy atom. The average Bonchev–Trinajstić information content (AvgIpc) is 3.05. The van der Waals surface area contributed by atoms with Crippen molar-refractivity contribution in [2.24, 2.45) is 0 Å². The molecular formula is C22H26N4O2. The van der Waals surface area contributed by atoms with Crippen molar-refractivity contribution in [3.8, 4) is 0 Å². The molecule has 0 spiro atoms. The molecule has 0 N–H and O–H groups in total. The van der Waals surface area contributed by atoms with Gasteiger partial charge in [0, 0.05) is 32.4 Å². The molecule has 1 unspecified atom stereocenters. The maximum absolute atomic E-state index is 12.9. The third-order valence-corrected chi connectivity index (χ3v) is 5.63. The SMILES string of the molecule is Cc1ccc(CN2CCC(N3CCN(c4ccc(C)cn4)C(=O)C3)C2=O)cc1. The fourth-order valence-corrected chi connectivity index (χ4v) is 3.95. The van der Waals surface area contributed by atoms with Crippen LogP contribution >= 0.6 is 0 Å². The molecule has 2 aromatic rings. The number of aryl methyl sites for hydroxylation is 2. The van der Waals surface area contributed by atoms with Gasteiger partial charge < -0.3 is 4.90 Å². The van der Waals surface area contributed by atoms with Gasteiger partial charge in [-0.05, 0) is 37.5 Å². The summed E-state index contributed by atoms with van der Waals surface area (Å²) < 4.78 is 0. The van der Waals surface area contributed by atoms with Crippen LogP contribution in [0.25, 0.3) is 0 Å². The molecule has 2 saturated heterocycles. The standard InChI is InChI=1S/C22H26N4O2/c1-16-3-6-18(7-4-16)14-25-10-9-19(22(25)28)24-11-12-26(21(27)15-24)20-8-5-17(2)13-23-20/h3-8,13,19H,9-12,14-15H2,1-2H3. The molecule has 1 atom stereocenters. The van der Waals surface area contributed by atoms with Crippen LogP contribution < -0.4 is 4.90 Å². The van der Waals surface area contributed by atoms with Gasteiger partial charge in [-0.25, -0.2) is 4.98 Å². The van der Waals surface area contributed by atoms with Crippen LogP contribution in [0.2, 0.25) is 0 Å². The van der Waals surface area contributed by atoms with E-state index in [9.17, 15) is 9.59 Å². The summed E-state index contributed by atoms with van der Waals surface area (Å²) in [5.74, 6) is 0.830. The number of aromatic nitrogens is 1. The molecule has 6 heteroatoms. The number of hydrogen-bond acceptors (Lipinski definition) is 4. The lowest BCUT2D eigenvalue weighted by molar-refractivity contribution is -0.134. The lowest BCUT2D eigenvalue weighted by Crippen LogP contribution is -2.55. The van der Waals surface area contributed by atoms with Crippen LogP contribution in [0.15, 0.2) is 42.6 Å². The van der Waals surface area contributed by atoms with Crippen LogP contribution in [0, 0.1) is 13.8 Å². The number of carbonyl (C=O) groups is 2. The van der Waals surface area contributed by atoms with Gasteiger partial charge in [-0.3, -0.25) is 19.4 Å². The number of carbonyl (C=O) groups excluding carboxylic acids is 2. The minimum Gasteiger partial charge on any atom is -0.337 e. The maximum atomic E-state index is 12.9. The number of nitrogens with zero attached hydrogens (tertiary/aromatic N) is 4. The summed E-state index contributed by atoms with van der Waals surface area (Å²) in [6, 6.07) is 12.0. The first-order valence-corrected chi connectivity index (χ1v) is 9.82. The molecule has 1 aromatic carbocycles. The van der Waals surface area contributed by atoms with E-state index in [0.29, 0.717) is 25.5 Å². The average molecular weight is 378 g/mol. The molecule has 3 heterocycles. The zero-order valence-corrected chi connectivity index (χ0v) is 16.5. The number of benzene rings is 1. The van der Waals surface area contributed by atoms with Crippen LogP contribution in [0.4, 0.5) is 5.82 Å². The summed E-state index contributed by atoms with van der Waals surface area (Å²) in [7, 11) is 0. The largest absolute Gasteiger partial charge is 0.337 e. The van der Waals surface area contributed by atoms with Crippen molar-refractivity contribution in [2.75, 3.05) is 31.1 Å². The van der Waals surface area contributed by atoms with E-state index in [1.807, 2.05) is 28.9 Å². The lowest BCUT2D eigenvalue weighted by atomic mass is 10.1. The molecule has 4 rings (SSSR count). The maximum Gasteiger partial charge on any atom is 0.242 e. The van der Waals surface area contributed by atoms with Crippen molar-refractivity contribution >= 4 is 17.6 Å². The Labute approximate surface area is 165 Å². The Morgan fingerprint density at radius 1 is 0.964 bits per heavy atom. The molecule has 0 saturated carbocycles. The van der Waals surface area contributed by atoms with E-state index in [1.54, 1.807) is 11.1 Å². The van der Waals surface area contributed by atoms with E-state index in [0.717, 1.165) is 24.1 Å². The Kier molecular flexibility index (Phi) is 5.13. The van der Waals surface area contributed by atoms with Crippen molar-refractivity contribution in [2.45, 2.75) is 32.9 Å². The molecule has 2 amide bonds. The van der Waals surface area contributed by atoms with Gasteiger partial charge in [0.05, 0.1) is 12.6 Å². The number of rotatable bonds is 4. The summed E-state index contributed by atoms with van der Waals surface area (Å²) in [5.41, 5.74) is 3.43. The first-order chi connectivity index (χ1) is 13.5. The van der Waals surface area contributed by atoms with Crippen LogP contribution in [-0.2, 0) is 16.1 Å². The number of likely N-dealkylation sites (tertiary alicyclic amines) is 1. The van der Waals surface area contributed by atoms with Gasteiger partial charge in [0.15, 0.2) is 0 Å². The molecule has 2 aliphatic heterocycles. The zero-order chi connectivity index (χ0) is 19.7. The van der Waals surface area contributed by atoms with Gasteiger partial charge >= 0.3 is 0 Å². The third kappa shape index (κ3) is 3.78. The molecule has 146 valence electrons. The van der Waals surface area contributed by atoms with Gasteiger partial charge in [0.1, 0.15) is 5.82 Å². The van der Waals surface area contributed by atoms with E-state index in [1.165, 1.54) is 5.56 Å². The molecule has 6 nitrogen and oxygen atoms in total. The second-order valence-corrected chi connectivity index (χ2v) is 7.76. The van der Waals surface area contributed by atoms with Gasteiger partial charge in [-0.2, -0.15) is 0 Å². The molecule has 2 fully saturated rings. The molecule has 2 aliphatic rings. The Balaban J connectivity index is 1.38. The highest BCUT2D eigenvalue weighted by atomic mass is 16.2. The Hall–Kier alpha value is -2.73. The number of piperazine rings is 1. The van der Waals surface area contributed by atoms with Crippen molar-refractivity contribution in [1.82, 2.24) is 14.8 Å². The number of amides is 2. The van der Waals surface area contributed by atoms with Gasteiger partial charge in [0.2, 0.25) is 11.8 Å². The summed E-state index contributed by atoms with van der Waals surface area (Å²) in [6.07, 6.45) is 2.55. The smallest absolute Gasteiger partial charge is 0.242 e. The predicted octanol–water partition coefficient (Wildman–Crippen LogP) is 2.15. The fraction of sp³-hybridized carbons (Fsp3) is 0.409. The molecule has 28 heavy (non-hydrogen) atoms. The predicted molar refractivity (Wildman–Crippen MR) is 108 cm³/mol.